The maximum Gasteiger partial charge on any atom is 0.248 e. The predicted molar refractivity (Wildman–Crippen MR) is 117 cm³/mol. The molecular weight excluding hydrogens is 364 g/mol. The lowest BCUT2D eigenvalue weighted by Gasteiger charge is -2.39. The molecule has 1 aromatic rings. The summed E-state index contributed by atoms with van der Waals surface area (Å²) in [4.78, 5) is 21.2. The summed E-state index contributed by atoms with van der Waals surface area (Å²) in [7, 11) is 0. The van der Waals surface area contributed by atoms with E-state index in [1.807, 2.05) is 0 Å². The summed E-state index contributed by atoms with van der Waals surface area (Å²) in [5.74, 6) is 1.82. The van der Waals surface area contributed by atoms with E-state index >= 15 is 0 Å². The van der Waals surface area contributed by atoms with Gasteiger partial charge in [-0.05, 0) is 93.4 Å². The van der Waals surface area contributed by atoms with Gasteiger partial charge in [0.05, 0.1) is 0 Å². The molecule has 0 bridgehead atoms. The summed E-state index contributed by atoms with van der Waals surface area (Å²) in [5.41, 5.74) is 22.7. The molecule has 6 nitrogen and oxygen atoms in total. The van der Waals surface area contributed by atoms with Gasteiger partial charge in [-0.3, -0.25) is 9.59 Å². The average molecular weight is 403 g/mol. The molecule has 1 aromatic carbocycles. The monoisotopic (exact) mass is 402 g/mol. The summed E-state index contributed by atoms with van der Waals surface area (Å²) in [6, 6.07) is 6.82. The molecule has 2 saturated carbocycles. The fourth-order valence-electron chi connectivity index (χ4n) is 5.00. The molecular formula is C23H38N4O2. The third kappa shape index (κ3) is 7.12. The number of hydrogen-bond donors (Lipinski definition) is 4. The van der Waals surface area contributed by atoms with Gasteiger partial charge in [-0.25, -0.2) is 0 Å². The van der Waals surface area contributed by atoms with Crippen LogP contribution in [0.25, 0.3) is 0 Å². The van der Waals surface area contributed by atoms with Crippen LogP contribution in [-0.2, 0) is 0 Å². The number of amides is 2. The number of benzene rings is 1. The van der Waals surface area contributed by atoms with E-state index in [0.717, 1.165) is 17.8 Å². The molecule has 3 rings (SSSR count). The second-order valence-electron chi connectivity index (χ2n) is 8.73. The first-order valence-corrected chi connectivity index (χ1v) is 11.0. The van der Waals surface area contributed by atoms with Gasteiger partial charge in [0, 0.05) is 23.2 Å². The van der Waals surface area contributed by atoms with Crippen molar-refractivity contribution in [2.24, 2.45) is 40.7 Å². The van der Waals surface area contributed by atoms with Crippen molar-refractivity contribution in [3.63, 3.8) is 0 Å². The Kier molecular flexibility index (Phi) is 9.11. The molecule has 29 heavy (non-hydrogen) atoms. The Morgan fingerprint density at radius 2 is 1.07 bits per heavy atom. The van der Waals surface area contributed by atoms with Crippen LogP contribution in [0.2, 0.25) is 0 Å². The van der Waals surface area contributed by atoms with Crippen LogP contribution in [-0.4, -0.2) is 23.9 Å². The van der Waals surface area contributed by atoms with E-state index in [-0.39, 0.29) is 0 Å². The maximum absolute atomic E-state index is 10.6. The molecule has 6 heteroatoms. The van der Waals surface area contributed by atoms with E-state index < -0.39 is 11.8 Å². The molecule has 0 saturated heterocycles. The lowest BCUT2D eigenvalue weighted by molar-refractivity contribution is 0.0988. The van der Waals surface area contributed by atoms with Gasteiger partial charge in [0.15, 0.2) is 0 Å². The SMILES string of the molecule is CCC(C1CCC(N)CC1)C1CCC(N)CC1.NC(=O)c1ccc(C(N)=O)cc1. The van der Waals surface area contributed by atoms with Gasteiger partial charge >= 0.3 is 0 Å². The molecule has 2 aliphatic rings. The molecule has 0 atom stereocenters. The van der Waals surface area contributed by atoms with Crippen LogP contribution in [0.15, 0.2) is 24.3 Å². The van der Waals surface area contributed by atoms with E-state index in [4.69, 9.17) is 22.9 Å². The topological polar surface area (TPSA) is 138 Å². The van der Waals surface area contributed by atoms with Gasteiger partial charge in [0.25, 0.3) is 0 Å². The van der Waals surface area contributed by atoms with E-state index in [1.165, 1.54) is 82.1 Å². The fourth-order valence-corrected chi connectivity index (χ4v) is 5.00. The first-order chi connectivity index (χ1) is 13.8. The van der Waals surface area contributed by atoms with Crippen molar-refractivity contribution in [1.29, 1.82) is 0 Å². The predicted octanol–water partition coefficient (Wildman–Crippen LogP) is 2.93. The molecule has 2 aliphatic carbocycles. The molecule has 2 amide bonds. The van der Waals surface area contributed by atoms with Crippen LogP contribution < -0.4 is 22.9 Å². The molecule has 0 spiro atoms. The molecule has 0 aromatic heterocycles. The van der Waals surface area contributed by atoms with Gasteiger partial charge in [-0.15, -0.1) is 0 Å². The summed E-state index contributed by atoms with van der Waals surface area (Å²) in [6.45, 7) is 2.38. The van der Waals surface area contributed by atoms with E-state index in [2.05, 4.69) is 6.92 Å². The number of carbonyl (C=O) groups is 2. The van der Waals surface area contributed by atoms with E-state index in [0.29, 0.717) is 23.2 Å². The molecule has 2 fully saturated rings. The third-order valence-electron chi connectivity index (χ3n) is 6.77. The van der Waals surface area contributed by atoms with Crippen LogP contribution in [0.5, 0.6) is 0 Å². The van der Waals surface area contributed by atoms with Crippen LogP contribution in [0.1, 0.15) is 85.4 Å². The van der Waals surface area contributed by atoms with Crippen LogP contribution >= 0.6 is 0 Å². The highest BCUT2D eigenvalue weighted by Crippen LogP contribution is 2.41. The van der Waals surface area contributed by atoms with E-state index in [9.17, 15) is 9.59 Å². The van der Waals surface area contributed by atoms with Crippen LogP contribution in [0.3, 0.4) is 0 Å². The molecule has 0 radical (unpaired) electrons. The van der Waals surface area contributed by atoms with Crippen molar-refractivity contribution in [2.75, 3.05) is 0 Å². The van der Waals surface area contributed by atoms with Crippen molar-refractivity contribution >= 4 is 11.8 Å². The molecule has 8 N–H and O–H groups in total. The number of nitrogens with two attached hydrogens (primary N) is 4. The van der Waals surface area contributed by atoms with Gasteiger partial charge in [0.1, 0.15) is 0 Å². The largest absolute Gasteiger partial charge is 0.366 e. The van der Waals surface area contributed by atoms with Crippen molar-refractivity contribution in [2.45, 2.75) is 76.8 Å². The lowest BCUT2D eigenvalue weighted by atomic mass is 9.67. The van der Waals surface area contributed by atoms with Crippen molar-refractivity contribution in [1.82, 2.24) is 0 Å². The summed E-state index contributed by atoms with van der Waals surface area (Å²) in [6.07, 6.45) is 11.9. The zero-order valence-corrected chi connectivity index (χ0v) is 17.7. The minimum atomic E-state index is -0.522. The minimum Gasteiger partial charge on any atom is -0.366 e. The summed E-state index contributed by atoms with van der Waals surface area (Å²) < 4.78 is 0. The highest BCUT2D eigenvalue weighted by molar-refractivity contribution is 5.96. The van der Waals surface area contributed by atoms with Crippen LogP contribution in [0.4, 0.5) is 0 Å². The Hall–Kier alpha value is -1.92. The summed E-state index contributed by atoms with van der Waals surface area (Å²) in [5, 5.41) is 0. The zero-order chi connectivity index (χ0) is 21.4. The van der Waals surface area contributed by atoms with Crippen molar-refractivity contribution in [3.8, 4) is 0 Å². The number of hydrogen-bond acceptors (Lipinski definition) is 4. The van der Waals surface area contributed by atoms with Gasteiger partial charge < -0.3 is 22.9 Å². The second kappa shape index (κ2) is 11.3. The van der Waals surface area contributed by atoms with Gasteiger partial charge in [-0.1, -0.05) is 13.3 Å². The third-order valence-corrected chi connectivity index (χ3v) is 6.77. The first-order valence-electron chi connectivity index (χ1n) is 11.0. The number of carbonyl (C=O) groups excluding carboxylic acids is 2. The van der Waals surface area contributed by atoms with Gasteiger partial charge in [-0.2, -0.15) is 0 Å². The Bertz CT molecular complexity index is 590. The Labute approximate surface area is 174 Å². The molecule has 162 valence electrons. The number of primary amides is 2. The van der Waals surface area contributed by atoms with Gasteiger partial charge in [0.2, 0.25) is 11.8 Å². The highest BCUT2D eigenvalue weighted by atomic mass is 16.1. The van der Waals surface area contributed by atoms with Crippen molar-refractivity contribution < 1.29 is 9.59 Å². The van der Waals surface area contributed by atoms with Crippen molar-refractivity contribution in [3.05, 3.63) is 35.4 Å². The van der Waals surface area contributed by atoms with E-state index in [1.54, 1.807) is 0 Å². The first kappa shape index (κ1) is 23.4. The number of rotatable bonds is 5. The fraction of sp³-hybridized carbons (Fsp3) is 0.652. The average Bonchev–Trinajstić information content (AvgIpc) is 2.72. The molecule has 0 heterocycles. The quantitative estimate of drug-likeness (QED) is 0.601. The standard InChI is InChI=1S/C15H30N2.C8H8N2O2/c1-2-15(11-3-7-13(16)8-4-11)12-5-9-14(17)10-6-12;9-7(11)5-1-2-6(4-3-5)8(10)12/h11-15H,2-10,16-17H2,1H3;1-4H,(H2,9,11)(H2,10,12). The Morgan fingerprint density at radius 3 is 1.31 bits per heavy atom. The minimum absolute atomic E-state index is 0.361. The Morgan fingerprint density at radius 1 is 0.759 bits per heavy atom. The highest BCUT2D eigenvalue weighted by Gasteiger charge is 2.32. The zero-order valence-electron chi connectivity index (χ0n) is 17.7. The normalized spacial score (nSPS) is 28.0. The molecule has 0 unspecified atom stereocenters. The Balaban J connectivity index is 0.000000221. The second-order valence-corrected chi connectivity index (χ2v) is 8.73. The maximum atomic E-state index is 10.6. The lowest BCUT2D eigenvalue weighted by Crippen LogP contribution is -2.35. The van der Waals surface area contributed by atoms with Crippen LogP contribution in [0, 0.1) is 17.8 Å². The smallest absolute Gasteiger partial charge is 0.248 e. The summed E-state index contributed by atoms with van der Waals surface area (Å²) >= 11 is 0. The molecule has 0 aliphatic heterocycles.